The van der Waals surface area contributed by atoms with E-state index in [4.69, 9.17) is 0 Å². The van der Waals surface area contributed by atoms with Crippen molar-refractivity contribution in [1.29, 1.82) is 0 Å². The van der Waals surface area contributed by atoms with Crippen molar-refractivity contribution in [3.63, 3.8) is 0 Å². The third kappa shape index (κ3) is 4.07. The number of aryl methyl sites for hydroxylation is 2. The van der Waals surface area contributed by atoms with E-state index in [9.17, 15) is 8.42 Å². The fourth-order valence-electron chi connectivity index (χ4n) is 3.08. The van der Waals surface area contributed by atoms with Crippen LogP contribution < -0.4 is 5.32 Å². The van der Waals surface area contributed by atoms with Crippen LogP contribution in [0.5, 0.6) is 0 Å². The average Bonchev–Trinajstić information content (AvgIpc) is 2.88. The Balaban J connectivity index is 2.16. The minimum atomic E-state index is -2.83. The van der Waals surface area contributed by atoms with Crippen LogP contribution in [0, 0.1) is 18.8 Å². The molecule has 0 bridgehead atoms. The standard InChI is InChI=1S/C14H24BrN3O2S/c1-4-16-8-12(11-5-6-21(19,20)9-11)7-13-14(15)10(2)17-18(13)3/h11-12,16H,4-9H2,1-3H3. The highest BCUT2D eigenvalue weighted by Crippen LogP contribution is 2.31. The van der Waals surface area contributed by atoms with Crippen molar-refractivity contribution >= 4 is 25.8 Å². The summed E-state index contributed by atoms with van der Waals surface area (Å²) in [5.41, 5.74) is 2.13. The van der Waals surface area contributed by atoms with Gasteiger partial charge in [0.2, 0.25) is 0 Å². The molecule has 0 radical (unpaired) electrons. The van der Waals surface area contributed by atoms with Crippen LogP contribution in [0.3, 0.4) is 0 Å². The molecule has 21 heavy (non-hydrogen) atoms. The number of nitrogens with zero attached hydrogens (tertiary/aromatic N) is 2. The molecule has 2 heterocycles. The van der Waals surface area contributed by atoms with Gasteiger partial charge in [0.25, 0.3) is 0 Å². The van der Waals surface area contributed by atoms with Crippen molar-refractivity contribution in [3.05, 3.63) is 15.9 Å². The predicted molar refractivity (Wildman–Crippen MR) is 88.1 cm³/mol. The molecular weight excluding hydrogens is 354 g/mol. The minimum Gasteiger partial charge on any atom is -0.317 e. The number of rotatable bonds is 6. The SMILES string of the molecule is CCNCC(Cc1c(Br)c(C)nn1C)C1CCS(=O)(=O)C1. The molecule has 2 rings (SSSR count). The number of halogens is 1. The number of hydrogen-bond donors (Lipinski definition) is 1. The molecule has 0 amide bonds. The maximum atomic E-state index is 11.8. The van der Waals surface area contributed by atoms with E-state index in [0.29, 0.717) is 17.4 Å². The van der Waals surface area contributed by atoms with Gasteiger partial charge in [-0.25, -0.2) is 8.42 Å². The number of hydrogen-bond acceptors (Lipinski definition) is 4. The van der Waals surface area contributed by atoms with Gasteiger partial charge >= 0.3 is 0 Å². The van der Waals surface area contributed by atoms with Crippen molar-refractivity contribution < 1.29 is 8.42 Å². The van der Waals surface area contributed by atoms with Gasteiger partial charge in [0.05, 0.1) is 27.4 Å². The van der Waals surface area contributed by atoms with E-state index in [0.717, 1.165) is 41.8 Å². The van der Waals surface area contributed by atoms with Gasteiger partial charge < -0.3 is 5.32 Å². The lowest BCUT2D eigenvalue weighted by Gasteiger charge is -2.23. The maximum Gasteiger partial charge on any atom is 0.150 e. The normalized spacial score (nSPS) is 22.6. The van der Waals surface area contributed by atoms with Gasteiger partial charge in [-0.2, -0.15) is 5.10 Å². The van der Waals surface area contributed by atoms with E-state index < -0.39 is 9.84 Å². The summed E-state index contributed by atoms with van der Waals surface area (Å²) in [5.74, 6) is 1.24. The maximum absolute atomic E-state index is 11.8. The summed E-state index contributed by atoms with van der Waals surface area (Å²) in [4.78, 5) is 0. The monoisotopic (exact) mass is 377 g/mol. The van der Waals surface area contributed by atoms with Crippen LogP contribution in [0.1, 0.15) is 24.7 Å². The minimum absolute atomic E-state index is 0.246. The molecule has 1 saturated heterocycles. The predicted octanol–water partition coefficient (Wildman–Crippen LogP) is 1.69. The van der Waals surface area contributed by atoms with Crippen LogP contribution in [-0.2, 0) is 23.3 Å². The molecule has 0 aromatic carbocycles. The second-order valence-corrected chi connectivity index (χ2v) is 8.93. The number of sulfone groups is 1. The Bertz CT molecular complexity index is 598. The fourth-order valence-corrected chi connectivity index (χ4v) is 5.50. The van der Waals surface area contributed by atoms with Crippen LogP contribution in [-0.4, -0.2) is 42.8 Å². The van der Waals surface area contributed by atoms with Crippen LogP contribution in [0.2, 0.25) is 0 Å². The molecule has 1 fully saturated rings. The molecule has 1 aliphatic rings. The fraction of sp³-hybridized carbons (Fsp3) is 0.786. The Morgan fingerprint density at radius 1 is 1.52 bits per heavy atom. The smallest absolute Gasteiger partial charge is 0.150 e. The van der Waals surface area contributed by atoms with Crippen LogP contribution >= 0.6 is 15.9 Å². The van der Waals surface area contributed by atoms with E-state index >= 15 is 0 Å². The Morgan fingerprint density at radius 3 is 2.71 bits per heavy atom. The third-order valence-electron chi connectivity index (χ3n) is 4.31. The van der Waals surface area contributed by atoms with E-state index in [-0.39, 0.29) is 5.92 Å². The van der Waals surface area contributed by atoms with Crippen LogP contribution in [0.4, 0.5) is 0 Å². The zero-order valence-corrected chi connectivity index (χ0v) is 15.3. The summed E-state index contributed by atoms with van der Waals surface area (Å²) in [5, 5.41) is 7.81. The van der Waals surface area contributed by atoms with Crippen molar-refractivity contribution in [1.82, 2.24) is 15.1 Å². The van der Waals surface area contributed by atoms with Crippen molar-refractivity contribution in [3.8, 4) is 0 Å². The molecule has 1 aliphatic heterocycles. The lowest BCUT2D eigenvalue weighted by atomic mass is 9.87. The van der Waals surface area contributed by atoms with Gasteiger partial charge in [0.1, 0.15) is 0 Å². The molecule has 0 aliphatic carbocycles. The quantitative estimate of drug-likeness (QED) is 0.819. The molecule has 1 aromatic heterocycles. The number of nitrogens with one attached hydrogen (secondary N) is 1. The van der Waals surface area contributed by atoms with E-state index in [1.54, 1.807) is 0 Å². The lowest BCUT2D eigenvalue weighted by Crippen LogP contribution is -2.31. The average molecular weight is 378 g/mol. The van der Waals surface area contributed by atoms with Gasteiger partial charge in [-0.3, -0.25) is 4.68 Å². The number of aromatic nitrogens is 2. The first-order valence-electron chi connectivity index (χ1n) is 7.43. The Hall–Kier alpha value is -0.400. The second kappa shape index (κ2) is 6.79. The molecule has 120 valence electrons. The zero-order chi connectivity index (χ0) is 15.6. The van der Waals surface area contributed by atoms with Crippen molar-refractivity contribution in [2.24, 2.45) is 18.9 Å². The molecule has 1 N–H and O–H groups in total. The Morgan fingerprint density at radius 2 is 2.24 bits per heavy atom. The van der Waals surface area contributed by atoms with E-state index in [1.807, 2.05) is 18.7 Å². The summed E-state index contributed by atoms with van der Waals surface area (Å²) >= 11 is 3.61. The molecule has 5 nitrogen and oxygen atoms in total. The van der Waals surface area contributed by atoms with Gasteiger partial charge in [-0.15, -0.1) is 0 Å². The summed E-state index contributed by atoms with van der Waals surface area (Å²) in [6.07, 6.45) is 1.64. The largest absolute Gasteiger partial charge is 0.317 e. The summed E-state index contributed by atoms with van der Waals surface area (Å²) in [6.45, 7) is 5.81. The van der Waals surface area contributed by atoms with Crippen molar-refractivity contribution in [2.75, 3.05) is 24.6 Å². The summed E-state index contributed by atoms with van der Waals surface area (Å²) < 4.78 is 26.5. The topological polar surface area (TPSA) is 64.0 Å². The molecule has 0 saturated carbocycles. The van der Waals surface area contributed by atoms with Crippen molar-refractivity contribution in [2.45, 2.75) is 26.7 Å². The van der Waals surface area contributed by atoms with Crippen LogP contribution in [0.15, 0.2) is 4.47 Å². The molecule has 7 heteroatoms. The highest BCUT2D eigenvalue weighted by atomic mass is 79.9. The van der Waals surface area contributed by atoms with Crippen LogP contribution in [0.25, 0.3) is 0 Å². The first kappa shape index (κ1) is 17.0. The zero-order valence-electron chi connectivity index (χ0n) is 12.9. The molecule has 0 spiro atoms. The van der Waals surface area contributed by atoms with E-state index in [1.165, 1.54) is 0 Å². The Labute approximate surface area is 135 Å². The third-order valence-corrected chi connectivity index (χ3v) is 7.13. The molecule has 1 aromatic rings. The molecule has 2 unspecified atom stereocenters. The van der Waals surface area contributed by atoms with E-state index in [2.05, 4.69) is 33.3 Å². The second-order valence-electron chi connectivity index (χ2n) is 5.90. The molecule has 2 atom stereocenters. The van der Waals surface area contributed by atoms with Gasteiger partial charge in [0.15, 0.2) is 9.84 Å². The highest BCUT2D eigenvalue weighted by molar-refractivity contribution is 9.10. The van der Waals surface area contributed by atoms with Gasteiger partial charge in [-0.1, -0.05) is 6.92 Å². The summed E-state index contributed by atoms with van der Waals surface area (Å²) in [6, 6.07) is 0. The summed E-state index contributed by atoms with van der Waals surface area (Å²) in [7, 11) is -0.888. The van der Waals surface area contributed by atoms with Gasteiger partial charge in [0, 0.05) is 7.05 Å². The lowest BCUT2D eigenvalue weighted by molar-refractivity contribution is 0.339. The first-order valence-corrected chi connectivity index (χ1v) is 10.0. The highest BCUT2D eigenvalue weighted by Gasteiger charge is 2.34. The molecular formula is C14H24BrN3O2S. The van der Waals surface area contributed by atoms with Gasteiger partial charge in [-0.05, 0) is 60.6 Å². The first-order chi connectivity index (χ1) is 9.84. The Kier molecular flexibility index (Phi) is 5.48.